The summed E-state index contributed by atoms with van der Waals surface area (Å²) in [6.45, 7) is 1.91. The molecule has 0 aromatic carbocycles. The maximum atomic E-state index is 11.8. The monoisotopic (exact) mass is 262 g/mol. The molecule has 2 rings (SSSR count). The predicted molar refractivity (Wildman–Crippen MR) is 64.2 cm³/mol. The van der Waals surface area contributed by atoms with Crippen molar-refractivity contribution in [3.8, 4) is 0 Å². The molecule has 0 aromatic rings. The standard InChI is InChI=1S/C11H19ClN2O3/c1-13(2)10(15)14-5-3-11(4-6-14)16-8-9(7-12)17-11/h9H,3-8H2,1-2H3. The van der Waals surface area contributed by atoms with Crippen molar-refractivity contribution in [2.24, 2.45) is 0 Å². The molecule has 0 aromatic heterocycles. The predicted octanol–water partition coefficient (Wildman–Crippen LogP) is 1.11. The van der Waals surface area contributed by atoms with E-state index in [2.05, 4.69) is 0 Å². The third-order valence-electron chi connectivity index (χ3n) is 3.26. The summed E-state index contributed by atoms with van der Waals surface area (Å²) in [5, 5.41) is 0. The number of piperidine rings is 1. The second-order valence-corrected chi connectivity index (χ2v) is 5.09. The molecular formula is C11H19ClN2O3. The first-order valence-electron chi connectivity index (χ1n) is 5.90. The van der Waals surface area contributed by atoms with Crippen LogP contribution < -0.4 is 0 Å². The molecule has 0 aliphatic carbocycles. The maximum absolute atomic E-state index is 11.8. The van der Waals surface area contributed by atoms with E-state index in [1.54, 1.807) is 19.0 Å². The molecule has 2 fully saturated rings. The lowest BCUT2D eigenvalue weighted by Crippen LogP contribution is -2.50. The molecule has 1 unspecified atom stereocenters. The number of rotatable bonds is 1. The SMILES string of the molecule is CN(C)C(=O)N1CCC2(CC1)OCC(CCl)O2. The van der Waals surface area contributed by atoms with Gasteiger partial charge in [-0.05, 0) is 0 Å². The van der Waals surface area contributed by atoms with Crippen molar-refractivity contribution in [1.29, 1.82) is 0 Å². The summed E-state index contributed by atoms with van der Waals surface area (Å²) in [6, 6.07) is 0.0479. The van der Waals surface area contributed by atoms with E-state index in [0.717, 1.165) is 12.8 Å². The Labute approximate surface area is 107 Å². The van der Waals surface area contributed by atoms with Gasteiger partial charge in [-0.2, -0.15) is 0 Å². The number of alkyl halides is 1. The Hall–Kier alpha value is -0.520. The third kappa shape index (κ3) is 2.67. The molecule has 0 bridgehead atoms. The molecule has 98 valence electrons. The summed E-state index contributed by atoms with van der Waals surface area (Å²) >= 11 is 5.75. The molecule has 1 atom stereocenters. The van der Waals surface area contributed by atoms with Crippen molar-refractivity contribution >= 4 is 17.6 Å². The first-order chi connectivity index (χ1) is 8.06. The Morgan fingerprint density at radius 1 is 1.47 bits per heavy atom. The van der Waals surface area contributed by atoms with Crippen molar-refractivity contribution in [3.63, 3.8) is 0 Å². The molecule has 0 radical (unpaired) electrons. The average molecular weight is 263 g/mol. The first-order valence-corrected chi connectivity index (χ1v) is 6.44. The molecule has 2 saturated heterocycles. The largest absolute Gasteiger partial charge is 0.347 e. The van der Waals surface area contributed by atoms with Gasteiger partial charge in [-0.25, -0.2) is 4.79 Å². The minimum Gasteiger partial charge on any atom is -0.347 e. The molecule has 0 N–H and O–H groups in total. The van der Waals surface area contributed by atoms with E-state index in [1.807, 2.05) is 4.90 Å². The van der Waals surface area contributed by atoms with Crippen LogP contribution >= 0.6 is 11.6 Å². The number of ether oxygens (including phenoxy) is 2. The minimum absolute atomic E-state index is 0.00670. The van der Waals surface area contributed by atoms with Crippen LogP contribution in [0.25, 0.3) is 0 Å². The van der Waals surface area contributed by atoms with Gasteiger partial charge in [-0.3, -0.25) is 0 Å². The topological polar surface area (TPSA) is 42.0 Å². The maximum Gasteiger partial charge on any atom is 0.319 e. The van der Waals surface area contributed by atoms with Gasteiger partial charge in [0.2, 0.25) is 0 Å². The summed E-state index contributed by atoms with van der Waals surface area (Å²) in [5.41, 5.74) is 0. The molecule has 6 heteroatoms. The van der Waals surface area contributed by atoms with E-state index in [1.165, 1.54) is 0 Å². The van der Waals surface area contributed by atoms with Crippen molar-refractivity contribution < 1.29 is 14.3 Å². The molecule has 2 amide bonds. The molecule has 1 spiro atoms. The zero-order valence-corrected chi connectivity index (χ0v) is 11.1. The first kappa shape index (κ1) is 12.9. The number of amides is 2. The van der Waals surface area contributed by atoms with Crippen molar-refractivity contribution in [1.82, 2.24) is 9.80 Å². The highest BCUT2D eigenvalue weighted by Gasteiger charge is 2.44. The van der Waals surface area contributed by atoms with Crippen LogP contribution in [0.2, 0.25) is 0 Å². The number of carbonyl (C=O) groups is 1. The van der Waals surface area contributed by atoms with Gasteiger partial charge in [0.25, 0.3) is 0 Å². The van der Waals surface area contributed by atoms with Crippen LogP contribution in [0.3, 0.4) is 0 Å². The molecule has 2 heterocycles. The molecule has 0 saturated carbocycles. The number of urea groups is 1. The Morgan fingerprint density at radius 3 is 2.59 bits per heavy atom. The number of hydrogen-bond acceptors (Lipinski definition) is 3. The zero-order chi connectivity index (χ0) is 12.5. The van der Waals surface area contributed by atoms with Crippen molar-refractivity contribution in [3.05, 3.63) is 0 Å². The van der Waals surface area contributed by atoms with Gasteiger partial charge < -0.3 is 19.3 Å². The summed E-state index contributed by atoms with van der Waals surface area (Å²) < 4.78 is 11.5. The minimum atomic E-state index is -0.497. The number of carbonyl (C=O) groups excluding carboxylic acids is 1. The van der Waals surface area contributed by atoms with Crippen molar-refractivity contribution in [2.75, 3.05) is 39.7 Å². The quantitative estimate of drug-likeness (QED) is 0.665. The van der Waals surface area contributed by atoms with Gasteiger partial charge >= 0.3 is 6.03 Å². The second kappa shape index (κ2) is 5.00. The van der Waals surface area contributed by atoms with E-state index in [-0.39, 0.29) is 12.1 Å². The van der Waals surface area contributed by atoms with Gasteiger partial charge in [0, 0.05) is 40.0 Å². The average Bonchev–Trinajstić information content (AvgIpc) is 2.73. The molecular weight excluding hydrogens is 244 g/mol. The second-order valence-electron chi connectivity index (χ2n) is 4.78. The zero-order valence-electron chi connectivity index (χ0n) is 10.3. The molecule has 17 heavy (non-hydrogen) atoms. The number of likely N-dealkylation sites (tertiary alicyclic amines) is 1. The fourth-order valence-corrected chi connectivity index (χ4v) is 2.43. The Kier molecular flexibility index (Phi) is 3.80. The lowest BCUT2D eigenvalue weighted by molar-refractivity contribution is -0.189. The van der Waals surface area contributed by atoms with E-state index in [0.29, 0.717) is 25.6 Å². The Bertz CT molecular complexity index is 290. The van der Waals surface area contributed by atoms with Crippen LogP contribution in [0.5, 0.6) is 0 Å². The van der Waals surface area contributed by atoms with Gasteiger partial charge in [-0.1, -0.05) is 0 Å². The van der Waals surface area contributed by atoms with Crippen LogP contribution in [0.4, 0.5) is 4.79 Å². The summed E-state index contributed by atoms with van der Waals surface area (Å²) in [5.74, 6) is -0.0370. The fraction of sp³-hybridized carbons (Fsp3) is 0.909. The highest BCUT2D eigenvalue weighted by atomic mass is 35.5. The van der Waals surface area contributed by atoms with Gasteiger partial charge in [0.15, 0.2) is 5.79 Å². The summed E-state index contributed by atoms with van der Waals surface area (Å²) in [4.78, 5) is 15.2. The van der Waals surface area contributed by atoms with E-state index in [4.69, 9.17) is 21.1 Å². The van der Waals surface area contributed by atoms with Crippen LogP contribution in [0.1, 0.15) is 12.8 Å². The highest BCUT2D eigenvalue weighted by molar-refractivity contribution is 6.18. The lowest BCUT2D eigenvalue weighted by Gasteiger charge is -2.38. The van der Waals surface area contributed by atoms with Crippen LogP contribution in [-0.4, -0.2) is 67.4 Å². The Balaban J connectivity index is 1.88. The number of halogens is 1. The fourth-order valence-electron chi connectivity index (χ4n) is 2.28. The normalized spacial score (nSPS) is 27.5. The molecule has 2 aliphatic rings. The number of nitrogens with zero attached hydrogens (tertiary/aromatic N) is 2. The van der Waals surface area contributed by atoms with Gasteiger partial charge in [0.1, 0.15) is 0 Å². The van der Waals surface area contributed by atoms with E-state index in [9.17, 15) is 4.79 Å². The molecule has 2 aliphatic heterocycles. The van der Waals surface area contributed by atoms with Gasteiger partial charge in [0.05, 0.1) is 18.6 Å². The van der Waals surface area contributed by atoms with Gasteiger partial charge in [-0.15, -0.1) is 11.6 Å². The molecule has 5 nitrogen and oxygen atoms in total. The van der Waals surface area contributed by atoms with E-state index >= 15 is 0 Å². The van der Waals surface area contributed by atoms with Crippen LogP contribution in [-0.2, 0) is 9.47 Å². The van der Waals surface area contributed by atoms with Crippen LogP contribution in [0.15, 0.2) is 0 Å². The smallest absolute Gasteiger partial charge is 0.319 e. The Morgan fingerprint density at radius 2 is 2.12 bits per heavy atom. The summed E-state index contributed by atoms with van der Waals surface area (Å²) in [7, 11) is 3.53. The highest BCUT2D eigenvalue weighted by Crippen LogP contribution is 2.34. The lowest BCUT2D eigenvalue weighted by atomic mass is 10.0. The van der Waals surface area contributed by atoms with E-state index < -0.39 is 5.79 Å². The van der Waals surface area contributed by atoms with Crippen LogP contribution in [0, 0.1) is 0 Å². The third-order valence-corrected chi connectivity index (χ3v) is 3.61. The van der Waals surface area contributed by atoms with Crippen molar-refractivity contribution in [2.45, 2.75) is 24.7 Å². The number of hydrogen-bond donors (Lipinski definition) is 0. The summed E-state index contributed by atoms with van der Waals surface area (Å²) in [6.07, 6.45) is 1.44.